The Labute approximate surface area is 140 Å². The fourth-order valence-electron chi connectivity index (χ4n) is 2.31. The van der Waals surface area contributed by atoms with Gasteiger partial charge in [-0.25, -0.2) is 0 Å². The molecule has 0 spiro atoms. The molecule has 4 nitrogen and oxygen atoms in total. The molecule has 4 heteroatoms. The van der Waals surface area contributed by atoms with Gasteiger partial charge in [-0.15, -0.1) is 0 Å². The van der Waals surface area contributed by atoms with Crippen molar-refractivity contribution >= 4 is 17.5 Å². The van der Waals surface area contributed by atoms with E-state index in [1.165, 1.54) is 12.5 Å². The van der Waals surface area contributed by atoms with E-state index >= 15 is 0 Å². The van der Waals surface area contributed by atoms with Crippen molar-refractivity contribution in [3.05, 3.63) is 29.8 Å². The van der Waals surface area contributed by atoms with Crippen molar-refractivity contribution in [3.63, 3.8) is 0 Å². The molecular weight excluding hydrogens is 288 g/mol. The highest BCUT2D eigenvalue weighted by Gasteiger charge is 2.13. The lowest BCUT2D eigenvalue weighted by Gasteiger charge is -2.21. The van der Waals surface area contributed by atoms with E-state index < -0.39 is 0 Å². The van der Waals surface area contributed by atoms with Gasteiger partial charge in [0, 0.05) is 32.1 Å². The van der Waals surface area contributed by atoms with Crippen LogP contribution in [0.2, 0.25) is 0 Å². The van der Waals surface area contributed by atoms with Crippen LogP contribution in [-0.4, -0.2) is 24.9 Å². The molecule has 0 unspecified atom stereocenters. The van der Waals surface area contributed by atoms with Crippen LogP contribution >= 0.6 is 0 Å². The Morgan fingerprint density at radius 3 is 2.17 bits per heavy atom. The van der Waals surface area contributed by atoms with E-state index in [1.54, 1.807) is 4.90 Å². The number of hydrogen-bond acceptors (Lipinski definition) is 2. The van der Waals surface area contributed by atoms with Crippen LogP contribution in [0.1, 0.15) is 58.9 Å². The molecule has 128 valence electrons. The molecule has 1 aromatic rings. The minimum Gasteiger partial charge on any atom is -0.356 e. The fraction of sp³-hybridized carbons (Fsp3) is 0.579. The van der Waals surface area contributed by atoms with Crippen LogP contribution in [0.15, 0.2) is 24.3 Å². The molecule has 0 fully saturated rings. The Morgan fingerprint density at radius 2 is 1.70 bits per heavy atom. The predicted octanol–water partition coefficient (Wildman–Crippen LogP) is 3.72. The first-order chi connectivity index (χ1) is 10.8. The SMILES string of the molecule is CC(=O)N(CCC(=O)NCCC(C)C)c1ccc(C(C)C)cc1. The number of carbonyl (C=O) groups excluding carboxylic acids is 2. The summed E-state index contributed by atoms with van der Waals surface area (Å²) < 4.78 is 0. The summed E-state index contributed by atoms with van der Waals surface area (Å²) in [6.45, 7) is 11.2. The fourth-order valence-corrected chi connectivity index (χ4v) is 2.31. The molecular formula is C19H30N2O2. The quantitative estimate of drug-likeness (QED) is 0.794. The zero-order valence-electron chi connectivity index (χ0n) is 15.1. The lowest BCUT2D eigenvalue weighted by molar-refractivity contribution is -0.121. The maximum atomic E-state index is 11.9. The second kappa shape index (κ2) is 9.33. The number of benzene rings is 1. The van der Waals surface area contributed by atoms with Gasteiger partial charge in [-0.05, 0) is 36.0 Å². The average molecular weight is 318 g/mol. The van der Waals surface area contributed by atoms with Crippen LogP contribution in [0.25, 0.3) is 0 Å². The molecule has 1 N–H and O–H groups in total. The number of nitrogens with one attached hydrogen (secondary N) is 1. The molecule has 1 aromatic carbocycles. The van der Waals surface area contributed by atoms with Crippen molar-refractivity contribution in [2.45, 2.75) is 53.4 Å². The zero-order chi connectivity index (χ0) is 17.4. The van der Waals surface area contributed by atoms with E-state index in [1.807, 2.05) is 24.3 Å². The largest absolute Gasteiger partial charge is 0.356 e. The molecule has 2 amide bonds. The van der Waals surface area contributed by atoms with E-state index in [4.69, 9.17) is 0 Å². The highest BCUT2D eigenvalue weighted by atomic mass is 16.2. The summed E-state index contributed by atoms with van der Waals surface area (Å²) in [6.07, 6.45) is 1.29. The van der Waals surface area contributed by atoms with Crippen molar-refractivity contribution in [1.82, 2.24) is 5.32 Å². The van der Waals surface area contributed by atoms with Crippen LogP contribution in [0.3, 0.4) is 0 Å². The van der Waals surface area contributed by atoms with E-state index in [9.17, 15) is 9.59 Å². The van der Waals surface area contributed by atoms with Crippen LogP contribution < -0.4 is 10.2 Å². The molecule has 0 aliphatic rings. The number of nitrogens with zero attached hydrogens (tertiary/aromatic N) is 1. The second-order valence-corrected chi connectivity index (χ2v) is 6.70. The molecule has 0 aromatic heterocycles. The van der Waals surface area contributed by atoms with Crippen molar-refractivity contribution < 1.29 is 9.59 Å². The summed E-state index contributed by atoms with van der Waals surface area (Å²) >= 11 is 0. The highest BCUT2D eigenvalue weighted by molar-refractivity contribution is 5.92. The van der Waals surface area contributed by atoms with Gasteiger partial charge in [-0.1, -0.05) is 39.8 Å². The van der Waals surface area contributed by atoms with E-state index in [0.29, 0.717) is 31.3 Å². The van der Waals surface area contributed by atoms with E-state index in [0.717, 1.165) is 12.1 Å². The molecule has 23 heavy (non-hydrogen) atoms. The van der Waals surface area contributed by atoms with Gasteiger partial charge in [0.2, 0.25) is 11.8 Å². The summed E-state index contributed by atoms with van der Waals surface area (Å²) in [5, 5.41) is 2.91. The number of rotatable bonds is 8. The molecule has 0 saturated heterocycles. The maximum Gasteiger partial charge on any atom is 0.223 e. The number of carbonyl (C=O) groups is 2. The standard InChI is InChI=1S/C19H30N2O2/c1-14(2)10-12-20-19(23)11-13-21(16(5)22)18-8-6-17(7-9-18)15(3)4/h6-9,14-15H,10-13H2,1-5H3,(H,20,23). The first-order valence-corrected chi connectivity index (χ1v) is 8.46. The highest BCUT2D eigenvalue weighted by Crippen LogP contribution is 2.20. The van der Waals surface area contributed by atoms with Gasteiger partial charge in [0.25, 0.3) is 0 Å². The minimum atomic E-state index is -0.0442. The Bertz CT molecular complexity index is 507. The van der Waals surface area contributed by atoms with Gasteiger partial charge < -0.3 is 10.2 Å². The summed E-state index contributed by atoms with van der Waals surface area (Å²) in [6, 6.07) is 7.98. The van der Waals surface area contributed by atoms with Gasteiger partial charge in [0.15, 0.2) is 0 Å². The first-order valence-electron chi connectivity index (χ1n) is 8.46. The average Bonchev–Trinajstić information content (AvgIpc) is 2.47. The smallest absolute Gasteiger partial charge is 0.223 e. The van der Waals surface area contributed by atoms with Crippen molar-refractivity contribution in [1.29, 1.82) is 0 Å². The van der Waals surface area contributed by atoms with Gasteiger partial charge in [-0.3, -0.25) is 9.59 Å². The normalized spacial score (nSPS) is 10.9. The summed E-state index contributed by atoms with van der Waals surface area (Å²) in [5.74, 6) is 0.984. The zero-order valence-corrected chi connectivity index (χ0v) is 15.1. The molecule has 0 aliphatic heterocycles. The molecule has 0 heterocycles. The third kappa shape index (κ3) is 6.85. The van der Waals surface area contributed by atoms with Crippen molar-refractivity contribution in [3.8, 4) is 0 Å². The van der Waals surface area contributed by atoms with Gasteiger partial charge >= 0.3 is 0 Å². The van der Waals surface area contributed by atoms with E-state index in [-0.39, 0.29) is 11.8 Å². The molecule has 0 bridgehead atoms. The number of anilines is 1. The Balaban J connectivity index is 2.58. The van der Waals surface area contributed by atoms with Crippen LogP contribution in [-0.2, 0) is 9.59 Å². The monoisotopic (exact) mass is 318 g/mol. The van der Waals surface area contributed by atoms with Crippen LogP contribution in [0.5, 0.6) is 0 Å². The first kappa shape index (κ1) is 19.2. The number of hydrogen-bond donors (Lipinski definition) is 1. The van der Waals surface area contributed by atoms with Gasteiger partial charge in [-0.2, -0.15) is 0 Å². The molecule has 0 aliphatic carbocycles. The Kier molecular flexibility index (Phi) is 7.79. The molecule has 0 saturated carbocycles. The molecule has 0 radical (unpaired) electrons. The summed E-state index contributed by atoms with van der Waals surface area (Å²) in [7, 11) is 0. The third-order valence-corrected chi connectivity index (χ3v) is 3.86. The van der Waals surface area contributed by atoms with Crippen LogP contribution in [0.4, 0.5) is 5.69 Å². The lowest BCUT2D eigenvalue weighted by Crippen LogP contribution is -2.34. The van der Waals surface area contributed by atoms with Crippen LogP contribution in [0, 0.1) is 5.92 Å². The number of amides is 2. The topological polar surface area (TPSA) is 49.4 Å². The van der Waals surface area contributed by atoms with Gasteiger partial charge in [0.05, 0.1) is 0 Å². The molecule has 1 rings (SSSR count). The van der Waals surface area contributed by atoms with E-state index in [2.05, 4.69) is 33.0 Å². The summed E-state index contributed by atoms with van der Waals surface area (Å²) in [5.41, 5.74) is 2.08. The Hall–Kier alpha value is -1.84. The predicted molar refractivity (Wildman–Crippen MR) is 95.6 cm³/mol. The third-order valence-electron chi connectivity index (χ3n) is 3.86. The minimum absolute atomic E-state index is 0.00398. The molecule has 0 atom stereocenters. The van der Waals surface area contributed by atoms with Crippen molar-refractivity contribution in [2.24, 2.45) is 5.92 Å². The van der Waals surface area contributed by atoms with Crippen molar-refractivity contribution in [2.75, 3.05) is 18.0 Å². The maximum absolute atomic E-state index is 11.9. The lowest BCUT2D eigenvalue weighted by atomic mass is 10.0. The summed E-state index contributed by atoms with van der Waals surface area (Å²) in [4.78, 5) is 25.4. The second-order valence-electron chi connectivity index (χ2n) is 6.70. The van der Waals surface area contributed by atoms with Gasteiger partial charge in [0.1, 0.15) is 0 Å². The Morgan fingerprint density at radius 1 is 1.09 bits per heavy atom.